The first-order valence-corrected chi connectivity index (χ1v) is 11.3. The van der Waals surface area contributed by atoms with Crippen molar-refractivity contribution in [3.8, 4) is 17.2 Å². The minimum atomic E-state index is -0.623. The van der Waals surface area contributed by atoms with E-state index in [2.05, 4.69) is 5.32 Å². The Morgan fingerprint density at radius 1 is 1.06 bits per heavy atom. The van der Waals surface area contributed by atoms with Gasteiger partial charge in [0.05, 0.1) is 17.3 Å². The van der Waals surface area contributed by atoms with Gasteiger partial charge < -0.3 is 24.4 Å². The van der Waals surface area contributed by atoms with E-state index in [1.54, 1.807) is 42.2 Å². The van der Waals surface area contributed by atoms with Gasteiger partial charge >= 0.3 is 0 Å². The van der Waals surface area contributed by atoms with E-state index in [4.69, 9.17) is 37.4 Å². The maximum absolute atomic E-state index is 12.8. The smallest absolute Gasteiger partial charge is 0.267 e. The molecule has 3 aromatic rings. The summed E-state index contributed by atoms with van der Waals surface area (Å²) in [6, 6.07) is 19.2. The number of hydrogen-bond donors (Lipinski definition) is 1. The summed E-state index contributed by atoms with van der Waals surface area (Å²) < 4.78 is 17.0. The standard InChI is InChI=1S/C25H22Cl2N2O5/c1-16-25(31)29(11-12-32-19-5-3-2-4-6-19)21-14-18(8-10-23(21)34-16)28-24(30)15-33-22-9-7-17(26)13-20(22)27/h2-10,13-14,16H,11-12,15H2,1H3,(H,28,30). The Hall–Kier alpha value is -3.42. The normalized spacial score (nSPS) is 14.7. The van der Waals surface area contributed by atoms with Gasteiger partial charge in [-0.1, -0.05) is 41.4 Å². The zero-order chi connectivity index (χ0) is 24.1. The molecule has 34 heavy (non-hydrogen) atoms. The lowest BCUT2D eigenvalue weighted by molar-refractivity contribution is -0.125. The van der Waals surface area contributed by atoms with E-state index in [-0.39, 0.29) is 18.4 Å². The summed E-state index contributed by atoms with van der Waals surface area (Å²) in [5, 5.41) is 3.55. The van der Waals surface area contributed by atoms with E-state index in [0.29, 0.717) is 46.1 Å². The van der Waals surface area contributed by atoms with E-state index in [1.807, 2.05) is 30.3 Å². The number of para-hydroxylation sites is 1. The van der Waals surface area contributed by atoms with E-state index in [0.717, 1.165) is 5.75 Å². The number of halogens is 2. The highest BCUT2D eigenvalue weighted by atomic mass is 35.5. The molecule has 9 heteroatoms. The van der Waals surface area contributed by atoms with Gasteiger partial charge in [0, 0.05) is 10.7 Å². The quantitative estimate of drug-likeness (QED) is 0.459. The first-order chi connectivity index (χ1) is 16.4. The molecule has 7 nitrogen and oxygen atoms in total. The van der Waals surface area contributed by atoms with Crippen LogP contribution in [0.1, 0.15) is 6.92 Å². The molecule has 0 saturated heterocycles. The predicted molar refractivity (Wildman–Crippen MR) is 131 cm³/mol. The summed E-state index contributed by atoms with van der Waals surface area (Å²) in [5.41, 5.74) is 1.05. The molecule has 0 spiro atoms. The topological polar surface area (TPSA) is 77.1 Å². The molecule has 3 aromatic carbocycles. The molecule has 2 amide bonds. The van der Waals surface area contributed by atoms with Crippen LogP contribution in [0.4, 0.5) is 11.4 Å². The Labute approximate surface area is 207 Å². The SMILES string of the molecule is CC1Oc2ccc(NC(=O)COc3ccc(Cl)cc3Cl)cc2N(CCOc2ccccc2)C1=O. The first-order valence-electron chi connectivity index (χ1n) is 10.6. The van der Waals surface area contributed by atoms with E-state index in [1.165, 1.54) is 6.07 Å². The Morgan fingerprint density at radius 3 is 2.62 bits per heavy atom. The molecule has 1 atom stereocenters. The van der Waals surface area contributed by atoms with Crippen molar-refractivity contribution in [3.05, 3.63) is 76.8 Å². The average Bonchev–Trinajstić information content (AvgIpc) is 2.82. The number of nitrogens with zero attached hydrogens (tertiary/aromatic N) is 1. The van der Waals surface area contributed by atoms with Crippen molar-refractivity contribution in [2.45, 2.75) is 13.0 Å². The molecular weight excluding hydrogens is 479 g/mol. The van der Waals surface area contributed by atoms with Gasteiger partial charge in [-0.3, -0.25) is 9.59 Å². The Morgan fingerprint density at radius 2 is 1.85 bits per heavy atom. The molecule has 0 bridgehead atoms. The highest BCUT2D eigenvalue weighted by molar-refractivity contribution is 6.35. The monoisotopic (exact) mass is 500 g/mol. The fourth-order valence-electron chi connectivity index (χ4n) is 3.42. The first kappa shape index (κ1) is 23.7. The van der Waals surface area contributed by atoms with E-state index in [9.17, 15) is 9.59 Å². The minimum absolute atomic E-state index is 0.187. The number of hydrogen-bond acceptors (Lipinski definition) is 5. The highest BCUT2D eigenvalue weighted by Gasteiger charge is 2.31. The summed E-state index contributed by atoms with van der Waals surface area (Å²) >= 11 is 11.9. The van der Waals surface area contributed by atoms with Crippen LogP contribution in [0.25, 0.3) is 0 Å². The number of ether oxygens (including phenoxy) is 3. The fraction of sp³-hybridized carbons (Fsp3) is 0.200. The largest absolute Gasteiger partial charge is 0.492 e. The van der Waals surface area contributed by atoms with Crippen LogP contribution >= 0.6 is 23.2 Å². The van der Waals surface area contributed by atoms with Gasteiger partial charge in [0.25, 0.3) is 11.8 Å². The second-order valence-corrected chi connectivity index (χ2v) is 8.35. The molecule has 0 aliphatic carbocycles. The molecule has 4 rings (SSSR count). The maximum Gasteiger partial charge on any atom is 0.267 e. The molecular formula is C25H22Cl2N2O5. The summed E-state index contributed by atoms with van der Waals surface area (Å²) in [4.78, 5) is 26.8. The van der Waals surface area contributed by atoms with Gasteiger partial charge in [-0.05, 0) is 55.5 Å². The second kappa shape index (κ2) is 10.7. The third-order valence-electron chi connectivity index (χ3n) is 5.03. The zero-order valence-corrected chi connectivity index (χ0v) is 19.8. The molecule has 0 fully saturated rings. The minimum Gasteiger partial charge on any atom is -0.492 e. The number of carbonyl (C=O) groups excluding carboxylic acids is 2. The second-order valence-electron chi connectivity index (χ2n) is 7.51. The van der Waals surface area contributed by atoms with Crippen molar-refractivity contribution in [1.82, 2.24) is 0 Å². The molecule has 1 aliphatic heterocycles. The highest BCUT2D eigenvalue weighted by Crippen LogP contribution is 2.36. The number of amides is 2. The maximum atomic E-state index is 12.8. The number of anilines is 2. The average molecular weight is 501 g/mol. The van der Waals surface area contributed by atoms with Crippen molar-refractivity contribution in [3.63, 3.8) is 0 Å². The van der Waals surface area contributed by atoms with Gasteiger partial charge in [-0.15, -0.1) is 0 Å². The summed E-state index contributed by atoms with van der Waals surface area (Å²) in [6.07, 6.45) is -0.623. The van der Waals surface area contributed by atoms with Crippen LogP contribution in [0.3, 0.4) is 0 Å². The van der Waals surface area contributed by atoms with Gasteiger partial charge in [-0.25, -0.2) is 0 Å². The van der Waals surface area contributed by atoms with Gasteiger partial charge in [-0.2, -0.15) is 0 Å². The van der Waals surface area contributed by atoms with E-state index >= 15 is 0 Å². The molecule has 1 unspecified atom stereocenters. The van der Waals surface area contributed by atoms with Gasteiger partial charge in [0.2, 0.25) is 0 Å². The van der Waals surface area contributed by atoms with Crippen LogP contribution < -0.4 is 24.4 Å². The Kier molecular flexibility index (Phi) is 7.45. The molecule has 1 aliphatic rings. The zero-order valence-electron chi connectivity index (χ0n) is 18.3. The fourth-order valence-corrected chi connectivity index (χ4v) is 3.88. The molecule has 0 radical (unpaired) electrons. The van der Waals surface area contributed by atoms with Crippen LogP contribution in [0, 0.1) is 0 Å². The predicted octanol–water partition coefficient (Wildman–Crippen LogP) is 5.20. The third-order valence-corrected chi connectivity index (χ3v) is 5.56. The molecule has 1 heterocycles. The summed E-state index contributed by atoms with van der Waals surface area (Å²) in [7, 11) is 0. The van der Waals surface area contributed by atoms with E-state index < -0.39 is 6.10 Å². The van der Waals surface area contributed by atoms with Crippen LogP contribution in [0.15, 0.2) is 66.7 Å². The van der Waals surface area contributed by atoms with Crippen LogP contribution in [-0.4, -0.2) is 37.7 Å². The molecule has 0 saturated carbocycles. The van der Waals surface area contributed by atoms with Crippen LogP contribution in [0.2, 0.25) is 10.0 Å². The summed E-state index contributed by atoms with van der Waals surface area (Å²) in [6.45, 7) is 2.07. The lowest BCUT2D eigenvalue weighted by Crippen LogP contribution is -2.46. The Bertz CT molecular complexity index is 1190. The van der Waals surface area contributed by atoms with Crippen molar-refractivity contribution < 1.29 is 23.8 Å². The number of rotatable bonds is 8. The number of nitrogens with one attached hydrogen (secondary N) is 1. The lowest BCUT2D eigenvalue weighted by atomic mass is 10.1. The van der Waals surface area contributed by atoms with Gasteiger partial charge in [0.15, 0.2) is 12.7 Å². The summed E-state index contributed by atoms with van der Waals surface area (Å²) in [5.74, 6) is 1.05. The third kappa shape index (κ3) is 5.73. The number of fused-ring (bicyclic) bond motifs is 1. The van der Waals surface area contributed by atoms with Crippen molar-refractivity contribution in [1.29, 1.82) is 0 Å². The van der Waals surface area contributed by atoms with Crippen LogP contribution in [-0.2, 0) is 9.59 Å². The van der Waals surface area contributed by atoms with Crippen molar-refractivity contribution in [2.24, 2.45) is 0 Å². The molecule has 0 aromatic heterocycles. The molecule has 176 valence electrons. The van der Waals surface area contributed by atoms with Crippen molar-refractivity contribution >= 4 is 46.4 Å². The van der Waals surface area contributed by atoms with Gasteiger partial charge in [0.1, 0.15) is 23.9 Å². The van der Waals surface area contributed by atoms with Crippen LogP contribution in [0.5, 0.6) is 17.2 Å². The number of benzene rings is 3. The molecule has 1 N–H and O–H groups in total. The number of carbonyl (C=O) groups is 2. The van der Waals surface area contributed by atoms with Crippen molar-refractivity contribution in [2.75, 3.05) is 30.0 Å². The Balaban J connectivity index is 1.42. The lowest BCUT2D eigenvalue weighted by Gasteiger charge is -2.33.